The predicted molar refractivity (Wildman–Crippen MR) is 126 cm³/mol. The van der Waals surface area contributed by atoms with Crippen molar-refractivity contribution in [1.82, 2.24) is 0 Å². The van der Waals surface area contributed by atoms with Crippen LogP contribution in [0.15, 0.2) is 60.7 Å². The summed E-state index contributed by atoms with van der Waals surface area (Å²) in [5.41, 5.74) is 0. The van der Waals surface area contributed by atoms with Crippen LogP contribution < -0.4 is 10.4 Å². The van der Waals surface area contributed by atoms with Gasteiger partial charge in [-0.3, -0.25) is 0 Å². The molecule has 2 nitrogen and oxygen atoms in total. The maximum Gasteiger partial charge on any atom is 0.261 e. The summed E-state index contributed by atoms with van der Waals surface area (Å²) >= 11 is 0. The molecule has 2 aromatic carbocycles. The predicted octanol–water partition coefficient (Wildman–Crippen LogP) is 5.70. The first kappa shape index (κ1) is 23.6. The van der Waals surface area contributed by atoms with Crippen LogP contribution in [0.25, 0.3) is 0 Å². The fourth-order valence-corrected chi connectivity index (χ4v) is 8.65. The highest BCUT2D eigenvalue weighted by atomic mass is 28.4. The minimum absolute atomic E-state index is 0.0360. The van der Waals surface area contributed by atoms with Crippen LogP contribution in [0, 0.1) is 6.42 Å². The van der Waals surface area contributed by atoms with Crippen molar-refractivity contribution in [3.05, 3.63) is 67.1 Å². The summed E-state index contributed by atoms with van der Waals surface area (Å²) in [5, 5.41) is 2.72. The van der Waals surface area contributed by atoms with Crippen LogP contribution >= 0.6 is 0 Å². The maximum atomic E-state index is 10.4. The van der Waals surface area contributed by atoms with E-state index in [2.05, 4.69) is 87.9 Å². The number of rotatable bonds is 13. The zero-order valence-corrected chi connectivity index (χ0v) is 19.4. The second-order valence-electron chi connectivity index (χ2n) is 8.75. The molecule has 0 atom stereocenters. The molecule has 1 radical (unpaired) electrons. The molecule has 0 aliphatic rings. The second-order valence-corrected chi connectivity index (χ2v) is 13.1. The summed E-state index contributed by atoms with van der Waals surface area (Å²) < 4.78 is 6.89. The second kappa shape index (κ2) is 12.1. The first-order chi connectivity index (χ1) is 14.0. The smallest absolute Gasteiger partial charge is 0.261 e. The van der Waals surface area contributed by atoms with E-state index in [-0.39, 0.29) is 5.04 Å². The molecule has 3 heteroatoms. The lowest BCUT2D eigenvalue weighted by atomic mass is 10.1. The van der Waals surface area contributed by atoms with E-state index in [1.54, 1.807) is 0 Å². The van der Waals surface area contributed by atoms with Crippen molar-refractivity contribution in [3.63, 3.8) is 0 Å². The number of hydrogen-bond donors (Lipinski definition) is 0. The van der Waals surface area contributed by atoms with E-state index in [9.17, 15) is 4.79 Å². The van der Waals surface area contributed by atoms with Gasteiger partial charge in [0.15, 0.2) is 0 Å². The largest absolute Gasteiger partial charge is 0.407 e. The monoisotopic (exact) mass is 409 g/mol. The van der Waals surface area contributed by atoms with Gasteiger partial charge in [-0.15, -0.1) is 0 Å². The highest BCUT2D eigenvalue weighted by molar-refractivity contribution is 6.99. The van der Waals surface area contributed by atoms with Gasteiger partial charge in [0.25, 0.3) is 8.32 Å². The van der Waals surface area contributed by atoms with Gasteiger partial charge in [-0.2, -0.15) is 0 Å². The number of carbonyl (C=O) groups is 1. The summed E-state index contributed by atoms with van der Waals surface area (Å²) in [6.07, 6.45) is 10.8. The summed E-state index contributed by atoms with van der Waals surface area (Å²) in [6.45, 7) is 7.73. The van der Waals surface area contributed by atoms with Crippen molar-refractivity contribution >= 4 is 25.0 Å². The number of carbonyl (C=O) groups excluding carboxylic acids is 1. The molecule has 0 aliphatic heterocycles. The van der Waals surface area contributed by atoms with Crippen LogP contribution in [-0.2, 0) is 9.22 Å². The highest BCUT2D eigenvalue weighted by Crippen LogP contribution is 2.36. The topological polar surface area (TPSA) is 26.3 Å². The van der Waals surface area contributed by atoms with Crippen LogP contribution in [0.2, 0.25) is 5.04 Å². The Balaban J connectivity index is 2.01. The van der Waals surface area contributed by atoms with Crippen LogP contribution in [0.4, 0.5) is 0 Å². The van der Waals surface area contributed by atoms with Gasteiger partial charge in [-0.1, -0.05) is 107 Å². The Bertz CT molecular complexity index is 652. The lowest BCUT2D eigenvalue weighted by Crippen LogP contribution is -2.66. The molecule has 0 N–H and O–H groups in total. The van der Waals surface area contributed by atoms with E-state index in [1.165, 1.54) is 23.2 Å². The molecule has 0 spiro atoms. The fraction of sp³-hybridized carbons (Fsp3) is 0.462. The van der Waals surface area contributed by atoms with Gasteiger partial charge >= 0.3 is 0 Å². The van der Waals surface area contributed by atoms with Crippen molar-refractivity contribution in [1.29, 1.82) is 0 Å². The average Bonchev–Trinajstić information content (AvgIpc) is 2.72. The molecule has 2 aromatic rings. The minimum Gasteiger partial charge on any atom is -0.407 e. The lowest BCUT2D eigenvalue weighted by molar-refractivity contribution is -0.107. The molecule has 0 fully saturated rings. The number of hydrogen-bond acceptors (Lipinski definition) is 2. The average molecular weight is 410 g/mol. The van der Waals surface area contributed by atoms with E-state index in [0.717, 1.165) is 38.6 Å². The van der Waals surface area contributed by atoms with Crippen LogP contribution in [0.1, 0.15) is 65.7 Å². The van der Waals surface area contributed by atoms with Crippen LogP contribution in [0.3, 0.4) is 0 Å². The Morgan fingerprint density at radius 3 is 1.76 bits per heavy atom. The molecule has 0 saturated carbocycles. The van der Waals surface area contributed by atoms with Gasteiger partial charge in [-0.05, 0) is 34.7 Å². The van der Waals surface area contributed by atoms with Crippen LogP contribution in [0.5, 0.6) is 0 Å². The third-order valence-electron chi connectivity index (χ3n) is 5.54. The number of unbranched alkanes of at least 4 members (excludes halogenated alkanes) is 7. The molecule has 157 valence electrons. The lowest BCUT2D eigenvalue weighted by Gasteiger charge is -2.43. The van der Waals surface area contributed by atoms with Crippen LogP contribution in [-0.4, -0.2) is 21.2 Å². The molecule has 0 aromatic heterocycles. The van der Waals surface area contributed by atoms with Gasteiger partial charge in [0.2, 0.25) is 0 Å². The van der Waals surface area contributed by atoms with Gasteiger partial charge in [0.1, 0.15) is 6.29 Å². The van der Waals surface area contributed by atoms with Gasteiger partial charge in [0, 0.05) is 13.0 Å². The zero-order valence-electron chi connectivity index (χ0n) is 18.4. The summed E-state index contributed by atoms with van der Waals surface area (Å²) in [5.74, 6) is 0. The molecular formula is C26H37O2Si. The fourth-order valence-electron chi connectivity index (χ4n) is 4.07. The SMILES string of the molecule is CC(C)(C)[Si](OCC[CH]CCCCCCC=O)(c1ccccc1)c1ccccc1. The standard InChI is InChI=1S/C26H37O2Si/c1-26(2,3)29(24-18-12-10-13-19-24,25-20-14-11-15-21-25)28-23-17-9-7-5-4-6-8-16-22-27/h9-15,18-22H,4-8,16-17,23H2,1-3H3. The molecule has 0 saturated heterocycles. The van der Waals surface area contributed by atoms with Gasteiger partial charge in [0.05, 0.1) is 0 Å². The summed E-state index contributed by atoms with van der Waals surface area (Å²) in [4.78, 5) is 10.4. The summed E-state index contributed by atoms with van der Waals surface area (Å²) in [7, 11) is -2.39. The summed E-state index contributed by atoms with van der Waals surface area (Å²) in [6, 6.07) is 21.7. The van der Waals surface area contributed by atoms with Crippen molar-refractivity contribution in [2.24, 2.45) is 0 Å². The molecule has 0 amide bonds. The van der Waals surface area contributed by atoms with E-state index in [1.807, 2.05) is 0 Å². The molecular weight excluding hydrogens is 372 g/mol. The minimum atomic E-state index is -2.39. The number of aldehydes is 1. The highest BCUT2D eigenvalue weighted by Gasteiger charge is 2.49. The van der Waals surface area contributed by atoms with E-state index in [4.69, 9.17) is 4.43 Å². The van der Waals surface area contributed by atoms with E-state index in [0.29, 0.717) is 6.42 Å². The zero-order chi connectivity index (χ0) is 21.0. The Hall–Kier alpha value is -1.71. The van der Waals surface area contributed by atoms with E-state index < -0.39 is 8.32 Å². The van der Waals surface area contributed by atoms with Crippen molar-refractivity contribution < 1.29 is 9.22 Å². The van der Waals surface area contributed by atoms with Crippen molar-refractivity contribution in [3.8, 4) is 0 Å². The van der Waals surface area contributed by atoms with Gasteiger partial charge in [-0.25, -0.2) is 0 Å². The Morgan fingerprint density at radius 1 is 0.759 bits per heavy atom. The Morgan fingerprint density at radius 2 is 1.28 bits per heavy atom. The molecule has 29 heavy (non-hydrogen) atoms. The van der Waals surface area contributed by atoms with Gasteiger partial charge < -0.3 is 9.22 Å². The maximum absolute atomic E-state index is 10.4. The normalized spacial score (nSPS) is 12.1. The first-order valence-corrected chi connectivity index (χ1v) is 12.9. The first-order valence-electron chi connectivity index (χ1n) is 11.0. The van der Waals surface area contributed by atoms with Crippen molar-refractivity contribution in [2.45, 2.75) is 70.8 Å². The Labute approximate surface area is 178 Å². The molecule has 0 heterocycles. The third-order valence-corrected chi connectivity index (χ3v) is 10.6. The van der Waals surface area contributed by atoms with Crippen molar-refractivity contribution in [2.75, 3.05) is 6.61 Å². The third kappa shape index (κ3) is 6.65. The molecule has 0 aliphatic carbocycles. The molecule has 0 bridgehead atoms. The molecule has 0 unspecified atom stereocenters. The quantitative estimate of drug-likeness (QED) is 0.241. The van der Waals surface area contributed by atoms with E-state index >= 15 is 0 Å². The number of benzene rings is 2. The molecule has 2 rings (SSSR count). The Kier molecular flexibility index (Phi) is 9.82.